The predicted octanol–water partition coefficient (Wildman–Crippen LogP) is 4.70. The third-order valence-corrected chi connectivity index (χ3v) is 11.1. The molecule has 0 N–H and O–H groups in total. The van der Waals surface area contributed by atoms with Crippen LogP contribution >= 0.6 is 11.8 Å². The molecule has 6 atom stereocenters. The summed E-state index contributed by atoms with van der Waals surface area (Å²) in [5.41, 5.74) is 1.42. The first-order chi connectivity index (χ1) is 16.2. The maximum atomic E-state index is 13.0. The normalized spacial score (nSPS) is 40.1. The number of carbonyl (C=O) groups is 3. The highest BCUT2D eigenvalue weighted by atomic mass is 32.2. The second kappa shape index (κ2) is 9.04. The number of hydrogen-bond donors (Lipinski definition) is 0. The standard InChI is InChI=1S/C27H38O6S/c1-17(28)31-15-24(30)23-7-6-21-20-5-4-19-14-27(32-12-13-33-27)11-10-26(19,16-34-18(2)29)22(20)8-9-25(21,23)3/h4,20-23H,5-16H2,1-3H3/t20-,21-,22-,23+,25-,26+/m0/s1. The largest absolute Gasteiger partial charge is 0.458 e. The summed E-state index contributed by atoms with van der Waals surface area (Å²) in [7, 11) is 0. The first-order valence-electron chi connectivity index (χ1n) is 13.0. The minimum atomic E-state index is -0.464. The summed E-state index contributed by atoms with van der Waals surface area (Å²) in [6, 6.07) is 0. The first kappa shape index (κ1) is 24.5. The van der Waals surface area contributed by atoms with Crippen LogP contribution in [-0.2, 0) is 28.6 Å². The Labute approximate surface area is 206 Å². The number of Topliss-reactive ketones (excluding diaryl/α,β-unsaturated/α-hetero) is 1. The minimum Gasteiger partial charge on any atom is -0.458 e. The van der Waals surface area contributed by atoms with Gasteiger partial charge in [0.05, 0.1) is 13.2 Å². The quantitative estimate of drug-likeness (QED) is 0.408. The van der Waals surface area contributed by atoms with E-state index >= 15 is 0 Å². The summed E-state index contributed by atoms with van der Waals surface area (Å²) in [6.07, 6.45) is 10.2. The van der Waals surface area contributed by atoms with E-state index in [-0.39, 0.29) is 34.3 Å². The van der Waals surface area contributed by atoms with Gasteiger partial charge < -0.3 is 14.2 Å². The van der Waals surface area contributed by atoms with Crippen molar-refractivity contribution in [1.29, 1.82) is 0 Å². The summed E-state index contributed by atoms with van der Waals surface area (Å²) < 4.78 is 17.3. The maximum Gasteiger partial charge on any atom is 0.303 e. The van der Waals surface area contributed by atoms with Crippen molar-refractivity contribution in [3.63, 3.8) is 0 Å². The second-order valence-electron chi connectivity index (χ2n) is 11.5. The Morgan fingerprint density at radius 2 is 1.82 bits per heavy atom. The molecule has 0 aromatic carbocycles. The summed E-state index contributed by atoms with van der Waals surface area (Å²) >= 11 is 1.48. The molecule has 5 rings (SSSR count). The van der Waals surface area contributed by atoms with Gasteiger partial charge in [-0.3, -0.25) is 14.4 Å². The van der Waals surface area contributed by atoms with Gasteiger partial charge in [0.1, 0.15) is 6.61 Å². The third-order valence-electron chi connectivity index (χ3n) is 9.99. The van der Waals surface area contributed by atoms with E-state index in [4.69, 9.17) is 14.2 Å². The van der Waals surface area contributed by atoms with E-state index in [0.717, 1.165) is 57.1 Å². The van der Waals surface area contributed by atoms with E-state index in [2.05, 4.69) is 13.0 Å². The monoisotopic (exact) mass is 490 g/mol. The van der Waals surface area contributed by atoms with Crippen LogP contribution in [0.3, 0.4) is 0 Å². The lowest BCUT2D eigenvalue weighted by molar-refractivity contribution is -0.185. The van der Waals surface area contributed by atoms with E-state index in [1.807, 2.05) is 0 Å². The molecule has 0 bridgehead atoms. The van der Waals surface area contributed by atoms with Crippen molar-refractivity contribution in [1.82, 2.24) is 0 Å². The molecule has 188 valence electrons. The molecule has 1 spiro atoms. The molecule has 4 fully saturated rings. The van der Waals surface area contributed by atoms with Crippen molar-refractivity contribution < 1.29 is 28.6 Å². The molecule has 5 aliphatic rings. The van der Waals surface area contributed by atoms with Crippen molar-refractivity contribution in [2.45, 2.75) is 77.9 Å². The Morgan fingerprint density at radius 1 is 1.06 bits per heavy atom. The van der Waals surface area contributed by atoms with Crippen LogP contribution in [-0.4, -0.2) is 48.2 Å². The number of hydrogen-bond acceptors (Lipinski definition) is 7. The van der Waals surface area contributed by atoms with Gasteiger partial charge in [-0.25, -0.2) is 0 Å². The number of rotatable bonds is 5. The fourth-order valence-corrected chi connectivity index (χ4v) is 9.46. The van der Waals surface area contributed by atoms with Crippen LogP contribution in [0.25, 0.3) is 0 Å². The van der Waals surface area contributed by atoms with E-state index < -0.39 is 11.8 Å². The fourth-order valence-electron chi connectivity index (χ4n) is 8.46. The topological polar surface area (TPSA) is 78.9 Å². The zero-order chi connectivity index (χ0) is 24.1. The fraction of sp³-hybridized carbons (Fsp3) is 0.815. The van der Waals surface area contributed by atoms with Crippen molar-refractivity contribution in [3.8, 4) is 0 Å². The van der Waals surface area contributed by atoms with Gasteiger partial charge in [0, 0.05) is 43.8 Å². The minimum absolute atomic E-state index is 0.0149. The highest BCUT2D eigenvalue weighted by Crippen LogP contribution is 2.67. The number of esters is 1. The maximum absolute atomic E-state index is 13.0. The molecule has 0 unspecified atom stereocenters. The second-order valence-corrected chi connectivity index (χ2v) is 12.6. The molecule has 1 saturated heterocycles. The van der Waals surface area contributed by atoms with Gasteiger partial charge >= 0.3 is 5.97 Å². The Hall–Kier alpha value is -1.18. The average Bonchev–Trinajstić information content (AvgIpc) is 3.40. The van der Waals surface area contributed by atoms with E-state index in [9.17, 15) is 14.4 Å². The molecule has 7 heteroatoms. The lowest BCUT2D eigenvalue weighted by Crippen LogP contribution is -2.55. The molecule has 4 aliphatic carbocycles. The van der Waals surface area contributed by atoms with Gasteiger partial charge in [0.15, 0.2) is 16.7 Å². The number of carbonyl (C=O) groups excluding carboxylic acids is 3. The third kappa shape index (κ3) is 4.00. The van der Waals surface area contributed by atoms with Gasteiger partial charge in [0.2, 0.25) is 0 Å². The predicted molar refractivity (Wildman–Crippen MR) is 129 cm³/mol. The molecule has 1 aliphatic heterocycles. The molecule has 34 heavy (non-hydrogen) atoms. The van der Waals surface area contributed by atoms with E-state index in [1.54, 1.807) is 6.92 Å². The van der Waals surface area contributed by atoms with Crippen LogP contribution < -0.4 is 0 Å². The van der Waals surface area contributed by atoms with Crippen LogP contribution in [0, 0.1) is 34.5 Å². The molecular formula is C27H38O6S. The summed E-state index contributed by atoms with van der Waals surface area (Å²) in [4.78, 5) is 36.3. The first-order valence-corrected chi connectivity index (χ1v) is 13.9. The van der Waals surface area contributed by atoms with Gasteiger partial charge in [-0.15, -0.1) is 0 Å². The molecule has 0 amide bonds. The molecule has 0 aromatic heterocycles. The Morgan fingerprint density at radius 3 is 2.53 bits per heavy atom. The smallest absolute Gasteiger partial charge is 0.303 e. The van der Waals surface area contributed by atoms with E-state index in [1.165, 1.54) is 24.3 Å². The molecule has 1 heterocycles. The summed E-state index contributed by atoms with van der Waals surface area (Å²) in [5, 5.41) is 0.183. The van der Waals surface area contributed by atoms with Crippen molar-refractivity contribution in [2.75, 3.05) is 25.6 Å². The van der Waals surface area contributed by atoms with Crippen LogP contribution in [0.5, 0.6) is 0 Å². The zero-order valence-electron chi connectivity index (χ0n) is 20.7. The van der Waals surface area contributed by atoms with Crippen molar-refractivity contribution >= 4 is 28.6 Å². The van der Waals surface area contributed by atoms with Crippen LogP contribution in [0.1, 0.15) is 72.1 Å². The van der Waals surface area contributed by atoms with Crippen LogP contribution in [0.2, 0.25) is 0 Å². The van der Waals surface area contributed by atoms with Gasteiger partial charge in [-0.1, -0.05) is 30.3 Å². The Balaban J connectivity index is 1.41. The SMILES string of the molecule is CC(=O)OCC(=O)[C@H]1CC[C@H]2[C@@H]3CC=C4CC5(CC[C@]4(CSC(C)=O)[C@H]3CC[C@]12C)OCCO5. The van der Waals surface area contributed by atoms with Crippen molar-refractivity contribution in [3.05, 3.63) is 11.6 Å². The van der Waals surface area contributed by atoms with E-state index in [0.29, 0.717) is 31.0 Å². The molecule has 3 saturated carbocycles. The number of ketones is 1. The molecule has 0 aromatic rings. The Kier molecular flexibility index (Phi) is 6.52. The summed E-state index contributed by atoms with van der Waals surface area (Å²) in [5.74, 6) is 1.58. The highest BCUT2D eigenvalue weighted by Gasteiger charge is 2.62. The highest BCUT2D eigenvalue weighted by molar-refractivity contribution is 8.13. The van der Waals surface area contributed by atoms with Crippen LogP contribution in [0.4, 0.5) is 0 Å². The number of ether oxygens (including phenoxy) is 3. The lowest BCUT2D eigenvalue weighted by Gasteiger charge is -2.59. The molecule has 6 nitrogen and oxygen atoms in total. The van der Waals surface area contributed by atoms with Crippen molar-refractivity contribution in [2.24, 2.45) is 34.5 Å². The number of fused-ring (bicyclic) bond motifs is 5. The number of allylic oxidation sites excluding steroid dienone is 1. The zero-order valence-corrected chi connectivity index (χ0v) is 21.5. The average molecular weight is 491 g/mol. The number of thioether (sulfide) groups is 1. The summed E-state index contributed by atoms with van der Waals surface area (Å²) in [6.45, 7) is 6.57. The van der Waals surface area contributed by atoms with Gasteiger partial charge in [-0.2, -0.15) is 0 Å². The molecular weight excluding hydrogens is 452 g/mol. The Bertz CT molecular complexity index is 892. The van der Waals surface area contributed by atoms with Gasteiger partial charge in [-0.05, 0) is 61.7 Å². The van der Waals surface area contributed by atoms with Gasteiger partial charge in [0.25, 0.3) is 0 Å². The lowest BCUT2D eigenvalue weighted by atomic mass is 9.47. The molecule has 0 radical (unpaired) electrons. The van der Waals surface area contributed by atoms with Crippen LogP contribution in [0.15, 0.2) is 11.6 Å².